The van der Waals surface area contributed by atoms with Crippen LogP contribution in [0.1, 0.15) is 63.4 Å². The van der Waals surface area contributed by atoms with Crippen LogP contribution < -0.4 is 0 Å². The molecule has 0 aliphatic rings. The van der Waals surface area contributed by atoms with E-state index in [4.69, 9.17) is 10.5 Å². The topological polar surface area (TPSA) is 47.6 Å². The summed E-state index contributed by atoms with van der Waals surface area (Å²) in [6.07, 6.45) is 8.36. The van der Waals surface area contributed by atoms with Crippen molar-refractivity contribution in [3.05, 3.63) is 35.9 Å². The molecular weight excluding hydrogens is 244 g/mol. The van der Waals surface area contributed by atoms with Gasteiger partial charge in [-0.2, -0.15) is 10.5 Å². The summed E-state index contributed by atoms with van der Waals surface area (Å²) in [5, 5.41) is 18.3. The van der Waals surface area contributed by atoms with Crippen LogP contribution in [0, 0.1) is 28.6 Å². The molecule has 1 aromatic carbocycles. The molecule has 2 nitrogen and oxygen atoms in total. The molecule has 0 fully saturated rings. The highest BCUT2D eigenvalue weighted by Crippen LogP contribution is 2.29. The molecule has 20 heavy (non-hydrogen) atoms. The van der Waals surface area contributed by atoms with E-state index in [-0.39, 0.29) is 5.92 Å². The Morgan fingerprint density at radius 2 is 1.50 bits per heavy atom. The first-order valence-corrected chi connectivity index (χ1v) is 7.67. The van der Waals surface area contributed by atoms with Crippen LogP contribution in [0.2, 0.25) is 0 Å². The predicted octanol–water partition coefficient (Wildman–Crippen LogP) is 5.18. The maximum atomic E-state index is 9.16. The van der Waals surface area contributed by atoms with Crippen LogP contribution in [0.3, 0.4) is 0 Å². The normalized spacial score (nSPS) is 11.8. The standard InChI is InChI=1S/C18H24N2/c1-2-3-4-5-6-10-13-18(17(14-19)15-20)16-11-8-7-9-12-16/h7-9,11-12,17-18H,2-6,10,13H2,1H3. The minimum absolute atomic E-state index is 0.0531. The molecule has 1 rings (SSSR count). The number of nitriles is 2. The fraction of sp³-hybridized carbons (Fsp3) is 0.556. The SMILES string of the molecule is CCCCCCCCC(c1ccccc1)C(C#N)C#N. The molecule has 0 N–H and O–H groups in total. The van der Waals surface area contributed by atoms with E-state index in [2.05, 4.69) is 19.1 Å². The first kappa shape index (κ1) is 16.3. The molecule has 0 aromatic heterocycles. The van der Waals surface area contributed by atoms with E-state index in [1.165, 1.54) is 32.1 Å². The number of nitrogens with zero attached hydrogens (tertiary/aromatic N) is 2. The molecule has 2 heteroatoms. The first-order chi connectivity index (χ1) is 9.83. The van der Waals surface area contributed by atoms with Crippen molar-refractivity contribution >= 4 is 0 Å². The molecule has 106 valence electrons. The summed E-state index contributed by atoms with van der Waals surface area (Å²) in [6, 6.07) is 14.3. The number of unbranched alkanes of at least 4 members (excludes halogenated alkanes) is 5. The summed E-state index contributed by atoms with van der Waals surface area (Å²) >= 11 is 0. The number of rotatable bonds is 9. The van der Waals surface area contributed by atoms with Crippen LogP contribution in [0.4, 0.5) is 0 Å². The van der Waals surface area contributed by atoms with Crippen molar-refractivity contribution in [2.75, 3.05) is 0 Å². The van der Waals surface area contributed by atoms with Crippen molar-refractivity contribution in [3.63, 3.8) is 0 Å². The predicted molar refractivity (Wildman–Crippen MR) is 81.9 cm³/mol. The molecule has 1 aromatic rings. The van der Waals surface area contributed by atoms with Crippen LogP contribution >= 0.6 is 0 Å². The van der Waals surface area contributed by atoms with Crippen molar-refractivity contribution < 1.29 is 0 Å². The van der Waals surface area contributed by atoms with E-state index < -0.39 is 5.92 Å². The van der Waals surface area contributed by atoms with Crippen molar-refractivity contribution in [1.29, 1.82) is 10.5 Å². The molecule has 0 saturated carbocycles. The van der Waals surface area contributed by atoms with Crippen molar-refractivity contribution in [2.24, 2.45) is 5.92 Å². The lowest BCUT2D eigenvalue weighted by Gasteiger charge is -2.17. The fourth-order valence-corrected chi connectivity index (χ4v) is 2.58. The van der Waals surface area contributed by atoms with Gasteiger partial charge in [-0.25, -0.2) is 0 Å². The van der Waals surface area contributed by atoms with Gasteiger partial charge in [0.25, 0.3) is 0 Å². The van der Waals surface area contributed by atoms with E-state index in [1.54, 1.807) is 0 Å². The Hall–Kier alpha value is -1.80. The van der Waals surface area contributed by atoms with Gasteiger partial charge in [0.15, 0.2) is 0 Å². The highest BCUT2D eigenvalue weighted by atomic mass is 14.4. The quantitative estimate of drug-likeness (QED) is 0.579. The molecule has 0 spiro atoms. The highest BCUT2D eigenvalue weighted by Gasteiger charge is 2.22. The molecule has 1 atom stereocenters. The fourth-order valence-electron chi connectivity index (χ4n) is 2.58. The monoisotopic (exact) mass is 268 g/mol. The van der Waals surface area contributed by atoms with E-state index in [0.29, 0.717) is 0 Å². The first-order valence-electron chi connectivity index (χ1n) is 7.67. The van der Waals surface area contributed by atoms with Gasteiger partial charge in [-0.3, -0.25) is 0 Å². The average Bonchev–Trinajstić information content (AvgIpc) is 2.50. The summed E-state index contributed by atoms with van der Waals surface area (Å²) in [5.74, 6) is -0.481. The third kappa shape index (κ3) is 5.45. The number of hydrogen-bond acceptors (Lipinski definition) is 2. The van der Waals surface area contributed by atoms with Crippen molar-refractivity contribution in [1.82, 2.24) is 0 Å². The second-order valence-electron chi connectivity index (χ2n) is 5.31. The zero-order valence-electron chi connectivity index (χ0n) is 12.4. The van der Waals surface area contributed by atoms with Gasteiger partial charge in [-0.1, -0.05) is 75.8 Å². The zero-order chi connectivity index (χ0) is 14.6. The average molecular weight is 268 g/mol. The van der Waals surface area contributed by atoms with Crippen molar-refractivity contribution in [2.45, 2.75) is 57.8 Å². The van der Waals surface area contributed by atoms with Crippen LogP contribution in [0.25, 0.3) is 0 Å². The molecule has 0 heterocycles. The Kier molecular flexibility index (Phi) is 8.16. The van der Waals surface area contributed by atoms with Gasteiger partial charge in [0, 0.05) is 5.92 Å². The molecule has 0 radical (unpaired) electrons. The second kappa shape index (κ2) is 10.0. The molecule has 0 aliphatic carbocycles. The van der Waals surface area contributed by atoms with Gasteiger partial charge in [0.1, 0.15) is 5.92 Å². The second-order valence-corrected chi connectivity index (χ2v) is 5.31. The lowest BCUT2D eigenvalue weighted by atomic mass is 9.83. The van der Waals surface area contributed by atoms with Crippen LogP contribution in [-0.2, 0) is 0 Å². The Balaban J connectivity index is 2.53. The summed E-state index contributed by atoms with van der Waals surface area (Å²) in [6.45, 7) is 2.22. The Morgan fingerprint density at radius 1 is 0.900 bits per heavy atom. The Morgan fingerprint density at radius 3 is 2.10 bits per heavy atom. The van der Waals surface area contributed by atoms with Gasteiger partial charge in [0.05, 0.1) is 12.1 Å². The van der Waals surface area contributed by atoms with Crippen LogP contribution in [0.5, 0.6) is 0 Å². The summed E-state index contributed by atoms with van der Waals surface area (Å²) < 4.78 is 0. The third-order valence-corrected chi connectivity index (χ3v) is 3.78. The lowest BCUT2D eigenvalue weighted by Crippen LogP contribution is -2.09. The van der Waals surface area contributed by atoms with Gasteiger partial charge in [-0.15, -0.1) is 0 Å². The molecule has 0 bridgehead atoms. The van der Waals surface area contributed by atoms with Crippen molar-refractivity contribution in [3.8, 4) is 12.1 Å². The van der Waals surface area contributed by atoms with E-state index in [1.807, 2.05) is 30.3 Å². The van der Waals surface area contributed by atoms with Gasteiger partial charge < -0.3 is 0 Å². The smallest absolute Gasteiger partial charge is 0.140 e. The minimum atomic E-state index is -0.534. The highest BCUT2D eigenvalue weighted by molar-refractivity contribution is 5.24. The van der Waals surface area contributed by atoms with E-state index in [0.717, 1.165) is 18.4 Å². The Bertz CT molecular complexity index is 425. The molecule has 0 saturated heterocycles. The van der Waals surface area contributed by atoms with E-state index in [9.17, 15) is 0 Å². The summed E-state index contributed by atoms with van der Waals surface area (Å²) in [5.41, 5.74) is 1.12. The summed E-state index contributed by atoms with van der Waals surface area (Å²) in [4.78, 5) is 0. The largest absolute Gasteiger partial charge is 0.197 e. The minimum Gasteiger partial charge on any atom is -0.197 e. The number of hydrogen-bond donors (Lipinski definition) is 0. The molecular formula is C18H24N2. The summed E-state index contributed by atoms with van der Waals surface area (Å²) in [7, 11) is 0. The van der Waals surface area contributed by atoms with Gasteiger partial charge >= 0.3 is 0 Å². The van der Waals surface area contributed by atoms with Gasteiger partial charge in [-0.05, 0) is 12.0 Å². The molecule has 0 amide bonds. The van der Waals surface area contributed by atoms with E-state index >= 15 is 0 Å². The maximum absolute atomic E-state index is 9.16. The van der Waals surface area contributed by atoms with Gasteiger partial charge in [0.2, 0.25) is 0 Å². The Labute approximate surface area is 123 Å². The molecule has 1 unspecified atom stereocenters. The number of benzene rings is 1. The van der Waals surface area contributed by atoms with Crippen LogP contribution in [0.15, 0.2) is 30.3 Å². The molecule has 0 aliphatic heterocycles. The third-order valence-electron chi connectivity index (χ3n) is 3.78. The zero-order valence-corrected chi connectivity index (χ0v) is 12.4. The van der Waals surface area contributed by atoms with Crippen LogP contribution in [-0.4, -0.2) is 0 Å². The maximum Gasteiger partial charge on any atom is 0.140 e. The lowest BCUT2D eigenvalue weighted by molar-refractivity contribution is 0.507.